The minimum Gasteiger partial charge on any atom is -0.0683 e. The predicted molar refractivity (Wildman–Crippen MR) is 103 cm³/mol. The Hall–Kier alpha value is 0. The molecule has 1 saturated carbocycles. The molecule has 0 unspecified atom stereocenters. The van der Waals surface area contributed by atoms with Crippen molar-refractivity contribution in [2.45, 2.75) is 115 Å². The summed E-state index contributed by atoms with van der Waals surface area (Å²) in [6.45, 7) is 24.3. The second kappa shape index (κ2) is 16.4. The Morgan fingerprint density at radius 2 is 1.10 bits per heavy atom. The van der Waals surface area contributed by atoms with Gasteiger partial charge in [0.2, 0.25) is 0 Å². The second-order valence-electron chi connectivity index (χ2n) is 8.17. The topological polar surface area (TPSA) is 0 Å². The molecule has 0 N–H and O–H groups in total. The standard InChI is InChI=1S/C9H18.2C5H12.C2H6/c1-9(2,3)7-8-5-4-6-8;2*1-4-5(2)3;1-2/h8H,4-7H2,1-3H3;2*5H,4H2,1-3H3;1-2H3. The van der Waals surface area contributed by atoms with Gasteiger partial charge in [-0.05, 0) is 29.6 Å². The maximum Gasteiger partial charge on any atom is -0.0380 e. The fourth-order valence-electron chi connectivity index (χ4n) is 1.56. The molecule has 0 amide bonds. The molecule has 0 heterocycles. The van der Waals surface area contributed by atoms with E-state index in [4.69, 9.17) is 0 Å². The van der Waals surface area contributed by atoms with Crippen LogP contribution in [0, 0.1) is 23.2 Å². The molecule has 0 aliphatic heterocycles. The van der Waals surface area contributed by atoms with Gasteiger partial charge >= 0.3 is 0 Å². The molecule has 0 aromatic heterocycles. The molecular formula is C21H48. The van der Waals surface area contributed by atoms with Gasteiger partial charge in [-0.3, -0.25) is 0 Å². The van der Waals surface area contributed by atoms with E-state index < -0.39 is 0 Å². The summed E-state index contributed by atoms with van der Waals surface area (Å²) in [5.74, 6) is 2.84. The van der Waals surface area contributed by atoms with Gasteiger partial charge in [-0.2, -0.15) is 0 Å². The third kappa shape index (κ3) is 28.8. The Labute approximate surface area is 138 Å². The van der Waals surface area contributed by atoms with Gasteiger partial charge in [-0.1, -0.05) is 108 Å². The van der Waals surface area contributed by atoms with Crippen molar-refractivity contribution in [3.63, 3.8) is 0 Å². The first-order chi connectivity index (χ1) is 9.62. The lowest BCUT2D eigenvalue weighted by Crippen LogP contribution is -2.18. The lowest BCUT2D eigenvalue weighted by atomic mass is 9.74. The zero-order chi connectivity index (χ0) is 17.5. The average Bonchev–Trinajstić information content (AvgIpc) is 2.37. The minimum atomic E-state index is 0.574. The zero-order valence-electron chi connectivity index (χ0n) is 17.5. The SMILES string of the molecule is CC.CC(C)(C)CC1CCC1.CCC(C)C.CCC(C)C. The molecule has 0 heteroatoms. The molecule has 0 bridgehead atoms. The van der Waals surface area contributed by atoms with Crippen molar-refractivity contribution in [3.05, 3.63) is 0 Å². The first-order valence-corrected chi connectivity index (χ1v) is 9.62. The van der Waals surface area contributed by atoms with E-state index in [0.29, 0.717) is 5.41 Å². The van der Waals surface area contributed by atoms with Crippen molar-refractivity contribution < 1.29 is 0 Å². The van der Waals surface area contributed by atoms with Gasteiger partial charge in [0.05, 0.1) is 0 Å². The molecule has 0 atom stereocenters. The summed E-state index contributed by atoms with van der Waals surface area (Å²) < 4.78 is 0. The van der Waals surface area contributed by atoms with Gasteiger partial charge in [-0.25, -0.2) is 0 Å². The minimum absolute atomic E-state index is 0.574. The molecular weight excluding hydrogens is 252 g/mol. The van der Waals surface area contributed by atoms with E-state index in [2.05, 4.69) is 62.3 Å². The summed E-state index contributed by atoms with van der Waals surface area (Å²) in [6.07, 6.45) is 8.53. The van der Waals surface area contributed by atoms with E-state index in [1.165, 1.54) is 38.5 Å². The van der Waals surface area contributed by atoms with E-state index in [-0.39, 0.29) is 0 Å². The Morgan fingerprint density at radius 3 is 1.14 bits per heavy atom. The van der Waals surface area contributed by atoms with Crippen molar-refractivity contribution in [1.82, 2.24) is 0 Å². The smallest absolute Gasteiger partial charge is 0.0380 e. The van der Waals surface area contributed by atoms with E-state index in [1.807, 2.05) is 13.8 Å². The summed E-state index contributed by atoms with van der Waals surface area (Å²) in [4.78, 5) is 0. The molecule has 1 fully saturated rings. The van der Waals surface area contributed by atoms with Crippen LogP contribution in [0.2, 0.25) is 0 Å². The molecule has 0 aromatic carbocycles. The van der Waals surface area contributed by atoms with Crippen LogP contribution < -0.4 is 0 Å². The summed E-state index contributed by atoms with van der Waals surface area (Å²) in [6, 6.07) is 0. The summed E-state index contributed by atoms with van der Waals surface area (Å²) in [7, 11) is 0. The highest BCUT2D eigenvalue weighted by molar-refractivity contribution is 4.75. The molecule has 21 heavy (non-hydrogen) atoms. The highest BCUT2D eigenvalue weighted by atomic mass is 14.3. The van der Waals surface area contributed by atoms with Crippen LogP contribution in [-0.2, 0) is 0 Å². The molecule has 1 aliphatic rings. The van der Waals surface area contributed by atoms with Crippen molar-refractivity contribution in [2.75, 3.05) is 0 Å². The quantitative estimate of drug-likeness (QED) is 0.491. The summed E-state index contributed by atoms with van der Waals surface area (Å²) >= 11 is 0. The molecule has 0 nitrogen and oxygen atoms in total. The van der Waals surface area contributed by atoms with Gasteiger partial charge in [0, 0.05) is 0 Å². The lowest BCUT2D eigenvalue weighted by molar-refractivity contribution is 0.207. The highest BCUT2D eigenvalue weighted by Crippen LogP contribution is 2.36. The van der Waals surface area contributed by atoms with Gasteiger partial charge < -0.3 is 0 Å². The van der Waals surface area contributed by atoms with Crippen LogP contribution in [0.25, 0.3) is 0 Å². The normalized spacial score (nSPS) is 14.1. The molecule has 132 valence electrons. The second-order valence-corrected chi connectivity index (χ2v) is 8.17. The van der Waals surface area contributed by atoms with Crippen molar-refractivity contribution in [1.29, 1.82) is 0 Å². The Morgan fingerprint density at radius 1 is 0.810 bits per heavy atom. The van der Waals surface area contributed by atoms with Crippen LogP contribution in [0.1, 0.15) is 115 Å². The third-order valence-electron chi connectivity index (χ3n) is 3.76. The summed E-state index contributed by atoms with van der Waals surface area (Å²) in [5, 5.41) is 0. The van der Waals surface area contributed by atoms with Crippen molar-refractivity contribution >= 4 is 0 Å². The highest BCUT2D eigenvalue weighted by Gasteiger charge is 2.23. The van der Waals surface area contributed by atoms with Crippen LogP contribution >= 0.6 is 0 Å². The molecule has 0 saturated heterocycles. The first-order valence-electron chi connectivity index (χ1n) is 9.62. The largest absolute Gasteiger partial charge is 0.0683 e. The average molecular weight is 301 g/mol. The zero-order valence-corrected chi connectivity index (χ0v) is 17.5. The molecule has 1 rings (SSSR count). The molecule has 1 aliphatic carbocycles. The summed E-state index contributed by atoms with van der Waals surface area (Å²) in [5.41, 5.74) is 0.574. The maximum absolute atomic E-state index is 2.34. The first kappa shape index (κ1) is 25.9. The Balaban J connectivity index is -0.000000234. The Bertz CT molecular complexity index is 159. The van der Waals surface area contributed by atoms with Crippen LogP contribution in [0.4, 0.5) is 0 Å². The van der Waals surface area contributed by atoms with E-state index in [1.54, 1.807) is 0 Å². The predicted octanol–water partition coefficient (Wildman–Crippen LogP) is 8.35. The van der Waals surface area contributed by atoms with Gasteiger partial charge in [0.15, 0.2) is 0 Å². The fourth-order valence-corrected chi connectivity index (χ4v) is 1.56. The van der Waals surface area contributed by atoms with Crippen LogP contribution in [0.15, 0.2) is 0 Å². The van der Waals surface area contributed by atoms with Crippen LogP contribution in [0.5, 0.6) is 0 Å². The van der Waals surface area contributed by atoms with Crippen LogP contribution in [0.3, 0.4) is 0 Å². The monoisotopic (exact) mass is 300 g/mol. The van der Waals surface area contributed by atoms with Gasteiger partial charge in [-0.15, -0.1) is 0 Å². The third-order valence-corrected chi connectivity index (χ3v) is 3.76. The van der Waals surface area contributed by atoms with Gasteiger partial charge in [0.1, 0.15) is 0 Å². The maximum atomic E-state index is 2.34. The van der Waals surface area contributed by atoms with E-state index in [0.717, 1.165) is 17.8 Å². The molecule has 0 radical (unpaired) electrons. The number of hydrogen-bond acceptors (Lipinski definition) is 0. The number of rotatable bonds is 3. The fraction of sp³-hybridized carbons (Fsp3) is 1.00. The van der Waals surface area contributed by atoms with Crippen LogP contribution in [-0.4, -0.2) is 0 Å². The Kier molecular flexibility index (Phi) is 20.2. The van der Waals surface area contributed by atoms with E-state index in [9.17, 15) is 0 Å². The van der Waals surface area contributed by atoms with Crippen molar-refractivity contribution in [2.24, 2.45) is 23.2 Å². The van der Waals surface area contributed by atoms with E-state index >= 15 is 0 Å². The van der Waals surface area contributed by atoms with Gasteiger partial charge in [0.25, 0.3) is 0 Å². The molecule has 0 aromatic rings. The van der Waals surface area contributed by atoms with Crippen molar-refractivity contribution in [3.8, 4) is 0 Å². The number of hydrogen-bond donors (Lipinski definition) is 0. The molecule has 0 spiro atoms. The lowest BCUT2D eigenvalue weighted by Gasteiger charge is -2.31.